The van der Waals surface area contributed by atoms with E-state index in [0.29, 0.717) is 5.69 Å². The SMILES string of the molecule is COc1ccc([C@@H]2[C@@H]3C(=O)N(c4ccc([N+](=O)[O-])cc4)C(=O)[C@@H]3ON2c2ccccc2)c(C(=O)O)c1OC. The van der Waals surface area contributed by atoms with E-state index in [-0.39, 0.29) is 34.0 Å². The summed E-state index contributed by atoms with van der Waals surface area (Å²) in [7, 11) is 2.67. The molecule has 2 aliphatic heterocycles. The van der Waals surface area contributed by atoms with Crippen LogP contribution in [0.1, 0.15) is 22.0 Å². The van der Waals surface area contributed by atoms with Crippen molar-refractivity contribution in [3.8, 4) is 11.5 Å². The lowest BCUT2D eigenvalue weighted by Crippen LogP contribution is -2.37. The van der Waals surface area contributed by atoms with Crippen LogP contribution in [0.2, 0.25) is 0 Å². The third-order valence-electron chi connectivity index (χ3n) is 6.56. The van der Waals surface area contributed by atoms with Gasteiger partial charge < -0.3 is 14.6 Å². The number of hydrogen-bond donors (Lipinski definition) is 1. The molecule has 0 bridgehead atoms. The monoisotopic (exact) mass is 519 g/mol. The molecule has 3 aromatic rings. The van der Waals surface area contributed by atoms with Gasteiger partial charge in [-0.05, 0) is 35.9 Å². The molecule has 0 aromatic heterocycles. The van der Waals surface area contributed by atoms with E-state index in [4.69, 9.17) is 14.3 Å². The molecule has 0 aliphatic carbocycles. The van der Waals surface area contributed by atoms with Gasteiger partial charge in [-0.15, -0.1) is 0 Å². The Bertz CT molecular complexity index is 1440. The number of imide groups is 1. The van der Waals surface area contributed by atoms with E-state index in [9.17, 15) is 29.6 Å². The van der Waals surface area contributed by atoms with Gasteiger partial charge in [0, 0.05) is 12.1 Å². The van der Waals surface area contributed by atoms with Crippen LogP contribution in [0.25, 0.3) is 0 Å². The Kier molecular flexibility index (Phi) is 6.17. The second-order valence-corrected chi connectivity index (χ2v) is 8.51. The zero-order valence-corrected chi connectivity index (χ0v) is 20.1. The average molecular weight is 519 g/mol. The maximum atomic E-state index is 13.8. The number of non-ortho nitro benzene ring substituents is 1. The number of anilines is 2. The average Bonchev–Trinajstić information content (AvgIpc) is 3.43. The van der Waals surface area contributed by atoms with Gasteiger partial charge in [-0.3, -0.25) is 24.5 Å². The highest BCUT2D eigenvalue weighted by molar-refractivity contribution is 6.24. The second kappa shape index (κ2) is 9.48. The van der Waals surface area contributed by atoms with Crippen LogP contribution >= 0.6 is 0 Å². The Labute approximate surface area is 215 Å². The molecule has 0 saturated carbocycles. The minimum atomic E-state index is -1.32. The lowest BCUT2D eigenvalue weighted by atomic mass is 9.87. The number of benzene rings is 3. The first-order chi connectivity index (χ1) is 18.3. The number of methoxy groups -OCH3 is 2. The molecule has 38 heavy (non-hydrogen) atoms. The fourth-order valence-corrected chi connectivity index (χ4v) is 4.92. The summed E-state index contributed by atoms with van der Waals surface area (Å²) in [4.78, 5) is 57.1. The van der Waals surface area contributed by atoms with Crippen LogP contribution in [-0.2, 0) is 14.4 Å². The summed E-state index contributed by atoms with van der Waals surface area (Å²) in [6.07, 6.45) is -1.27. The molecule has 2 saturated heterocycles. The highest BCUT2D eigenvalue weighted by atomic mass is 16.7. The molecule has 0 spiro atoms. The van der Waals surface area contributed by atoms with Gasteiger partial charge >= 0.3 is 5.97 Å². The van der Waals surface area contributed by atoms with Crippen molar-refractivity contribution in [3.05, 3.63) is 88.0 Å². The molecule has 5 rings (SSSR count). The van der Waals surface area contributed by atoms with E-state index in [2.05, 4.69) is 0 Å². The number of carboxylic acid groups (broad SMARTS) is 1. The predicted octanol–water partition coefficient (Wildman–Crippen LogP) is 3.36. The fraction of sp³-hybridized carbons (Fsp3) is 0.192. The highest BCUT2D eigenvalue weighted by Crippen LogP contribution is 2.50. The molecule has 12 nitrogen and oxygen atoms in total. The number of carbonyl (C=O) groups is 3. The fourth-order valence-electron chi connectivity index (χ4n) is 4.92. The molecule has 12 heteroatoms. The van der Waals surface area contributed by atoms with E-state index < -0.39 is 40.8 Å². The molecule has 3 atom stereocenters. The number of fused-ring (bicyclic) bond motifs is 1. The summed E-state index contributed by atoms with van der Waals surface area (Å²) in [6, 6.07) is 15.6. The number of nitro benzene ring substituents is 1. The van der Waals surface area contributed by atoms with E-state index in [1.165, 1.54) is 55.7 Å². The minimum absolute atomic E-state index is 0.0436. The Morgan fingerprint density at radius 1 is 0.947 bits per heavy atom. The maximum Gasteiger partial charge on any atom is 0.339 e. The molecular formula is C26H21N3O9. The van der Waals surface area contributed by atoms with Crippen molar-refractivity contribution in [2.75, 3.05) is 24.2 Å². The molecule has 0 unspecified atom stereocenters. The first-order valence-electron chi connectivity index (χ1n) is 11.4. The lowest BCUT2D eigenvalue weighted by Gasteiger charge is -2.30. The first-order valence-corrected chi connectivity index (χ1v) is 11.4. The van der Waals surface area contributed by atoms with Crippen molar-refractivity contribution < 1.29 is 38.7 Å². The third kappa shape index (κ3) is 3.78. The smallest absolute Gasteiger partial charge is 0.339 e. The quantitative estimate of drug-likeness (QED) is 0.280. The van der Waals surface area contributed by atoms with Gasteiger partial charge in [0.05, 0.1) is 36.6 Å². The van der Waals surface area contributed by atoms with Gasteiger partial charge in [-0.25, -0.2) is 14.8 Å². The number of ether oxygens (including phenoxy) is 2. The zero-order chi connectivity index (χ0) is 27.1. The van der Waals surface area contributed by atoms with E-state index in [0.717, 1.165) is 4.90 Å². The summed E-state index contributed by atoms with van der Waals surface area (Å²) in [6.45, 7) is 0. The van der Waals surface area contributed by atoms with Crippen LogP contribution in [0.3, 0.4) is 0 Å². The Balaban J connectivity index is 1.66. The first kappa shape index (κ1) is 24.7. The van der Waals surface area contributed by atoms with Crippen molar-refractivity contribution in [2.24, 2.45) is 5.92 Å². The van der Waals surface area contributed by atoms with E-state index >= 15 is 0 Å². The van der Waals surface area contributed by atoms with Crippen molar-refractivity contribution >= 4 is 34.8 Å². The number of rotatable bonds is 7. The van der Waals surface area contributed by atoms with Gasteiger partial charge in [-0.2, -0.15) is 0 Å². The number of para-hydroxylation sites is 1. The molecule has 2 amide bonds. The second-order valence-electron chi connectivity index (χ2n) is 8.51. The largest absolute Gasteiger partial charge is 0.493 e. The number of aromatic carboxylic acids is 1. The van der Waals surface area contributed by atoms with Gasteiger partial charge in [0.15, 0.2) is 17.6 Å². The van der Waals surface area contributed by atoms with Crippen molar-refractivity contribution in [1.82, 2.24) is 0 Å². The summed E-state index contributed by atoms with van der Waals surface area (Å²) in [5.41, 5.74) is 0.378. The van der Waals surface area contributed by atoms with E-state index in [1.807, 2.05) is 0 Å². The summed E-state index contributed by atoms with van der Waals surface area (Å²) in [5.74, 6) is -3.63. The van der Waals surface area contributed by atoms with Gasteiger partial charge in [0.2, 0.25) is 5.91 Å². The van der Waals surface area contributed by atoms with Gasteiger partial charge in [-0.1, -0.05) is 24.3 Å². The molecule has 2 aliphatic rings. The number of hydroxylamine groups is 1. The van der Waals surface area contributed by atoms with Crippen LogP contribution < -0.4 is 19.4 Å². The molecule has 194 valence electrons. The van der Waals surface area contributed by atoms with Crippen molar-refractivity contribution in [1.29, 1.82) is 0 Å². The van der Waals surface area contributed by atoms with Crippen LogP contribution in [-0.4, -0.2) is 48.1 Å². The topological polar surface area (TPSA) is 149 Å². The number of hydrogen-bond acceptors (Lipinski definition) is 9. The normalized spacial score (nSPS) is 20.4. The number of carboxylic acids is 1. The number of carbonyl (C=O) groups excluding carboxylic acids is 2. The number of amides is 2. The predicted molar refractivity (Wildman–Crippen MR) is 132 cm³/mol. The maximum absolute atomic E-state index is 13.8. The molecule has 0 radical (unpaired) electrons. The van der Waals surface area contributed by atoms with Crippen molar-refractivity contribution in [3.63, 3.8) is 0 Å². The number of nitrogens with zero attached hydrogens (tertiary/aromatic N) is 3. The zero-order valence-electron chi connectivity index (χ0n) is 20.1. The lowest BCUT2D eigenvalue weighted by molar-refractivity contribution is -0.384. The Morgan fingerprint density at radius 2 is 1.63 bits per heavy atom. The standard InChI is InChI=1S/C26H21N3O9/c1-36-18-13-12-17(19(26(32)33)22(18)37-2)21-20-23(38-28(21)15-6-4-3-5-7-15)25(31)27(24(20)30)14-8-10-16(11-9-14)29(34)35/h3-13,20-21,23H,1-2H3,(H,32,33)/t20-,21+,23+/m0/s1. The summed E-state index contributed by atoms with van der Waals surface area (Å²) in [5, 5.41) is 22.6. The van der Waals surface area contributed by atoms with Crippen LogP contribution in [0.15, 0.2) is 66.7 Å². The van der Waals surface area contributed by atoms with Crippen LogP contribution in [0.4, 0.5) is 17.1 Å². The van der Waals surface area contributed by atoms with Crippen LogP contribution in [0.5, 0.6) is 11.5 Å². The third-order valence-corrected chi connectivity index (χ3v) is 6.56. The van der Waals surface area contributed by atoms with Gasteiger partial charge in [0.1, 0.15) is 11.5 Å². The van der Waals surface area contributed by atoms with E-state index in [1.54, 1.807) is 30.3 Å². The molecule has 2 fully saturated rings. The van der Waals surface area contributed by atoms with Crippen molar-refractivity contribution in [2.45, 2.75) is 12.1 Å². The molecule has 2 heterocycles. The summed E-state index contributed by atoms with van der Waals surface area (Å²) >= 11 is 0. The highest BCUT2D eigenvalue weighted by Gasteiger charge is 2.61. The number of nitro groups is 1. The minimum Gasteiger partial charge on any atom is -0.493 e. The Hall–Kier alpha value is -4.97. The summed E-state index contributed by atoms with van der Waals surface area (Å²) < 4.78 is 10.6. The molecule has 3 aromatic carbocycles. The van der Waals surface area contributed by atoms with Gasteiger partial charge in [0.25, 0.3) is 11.6 Å². The van der Waals surface area contributed by atoms with Crippen LogP contribution in [0, 0.1) is 16.0 Å². The molecular weight excluding hydrogens is 498 g/mol. The molecule has 1 N–H and O–H groups in total. The Morgan fingerprint density at radius 3 is 2.21 bits per heavy atom.